The highest BCUT2D eigenvalue weighted by atomic mass is 32.2. The number of nitrogens with one attached hydrogen (secondary N) is 1. The van der Waals surface area contributed by atoms with Gasteiger partial charge in [-0.25, -0.2) is 12.8 Å². The van der Waals surface area contributed by atoms with Crippen molar-refractivity contribution >= 4 is 15.9 Å². The second kappa shape index (κ2) is 10.3. The predicted octanol–water partition coefficient (Wildman–Crippen LogP) is 3.25. The summed E-state index contributed by atoms with van der Waals surface area (Å²) in [4.78, 5) is 15.0. The first-order valence-corrected chi connectivity index (χ1v) is 12.2. The molecule has 168 valence electrons. The van der Waals surface area contributed by atoms with Crippen molar-refractivity contribution in [3.05, 3.63) is 65.5 Å². The van der Waals surface area contributed by atoms with Crippen LogP contribution in [0.2, 0.25) is 0 Å². The van der Waals surface area contributed by atoms with Crippen LogP contribution < -0.4 is 5.32 Å². The van der Waals surface area contributed by atoms with Crippen LogP contribution >= 0.6 is 0 Å². The molecular weight excluding hydrogens is 417 g/mol. The van der Waals surface area contributed by atoms with Crippen LogP contribution in [0.1, 0.15) is 42.6 Å². The number of benzene rings is 2. The van der Waals surface area contributed by atoms with Gasteiger partial charge in [0.05, 0.1) is 10.5 Å². The summed E-state index contributed by atoms with van der Waals surface area (Å²) in [5, 5.41) is 2.88. The van der Waals surface area contributed by atoms with Gasteiger partial charge in [0.2, 0.25) is 10.0 Å². The lowest BCUT2D eigenvalue weighted by molar-refractivity contribution is 0.0904. The number of piperidine rings is 1. The molecule has 1 N–H and O–H groups in total. The molecule has 2 aromatic rings. The van der Waals surface area contributed by atoms with Gasteiger partial charge in [-0.3, -0.25) is 9.69 Å². The van der Waals surface area contributed by atoms with Gasteiger partial charge in [0.25, 0.3) is 5.91 Å². The van der Waals surface area contributed by atoms with E-state index in [-0.39, 0.29) is 16.5 Å². The second-order valence-electron chi connectivity index (χ2n) is 7.74. The minimum absolute atomic E-state index is 0.0676. The SMILES string of the molecule is CCN(CC)S(=O)(=O)c1ccc(F)c(C(=O)NC2CCN(Cc3ccccc3)CC2)c1. The molecule has 1 saturated heterocycles. The lowest BCUT2D eigenvalue weighted by Gasteiger charge is -2.32. The van der Waals surface area contributed by atoms with Crippen molar-refractivity contribution in [3.63, 3.8) is 0 Å². The van der Waals surface area contributed by atoms with Gasteiger partial charge in [0.1, 0.15) is 5.82 Å². The fourth-order valence-electron chi connectivity index (χ4n) is 3.89. The van der Waals surface area contributed by atoms with Crippen LogP contribution in [-0.2, 0) is 16.6 Å². The zero-order valence-electron chi connectivity index (χ0n) is 18.1. The molecule has 0 bridgehead atoms. The number of nitrogens with zero attached hydrogens (tertiary/aromatic N) is 2. The van der Waals surface area contributed by atoms with Gasteiger partial charge in [0, 0.05) is 38.8 Å². The van der Waals surface area contributed by atoms with Gasteiger partial charge in [-0.15, -0.1) is 0 Å². The van der Waals surface area contributed by atoms with Gasteiger partial charge in [-0.1, -0.05) is 44.2 Å². The van der Waals surface area contributed by atoms with Crippen LogP contribution in [0.4, 0.5) is 4.39 Å². The van der Waals surface area contributed by atoms with Crippen LogP contribution in [0, 0.1) is 5.82 Å². The monoisotopic (exact) mass is 447 g/mol. The molecule has 1 aliphatic rings. The fraction of sp³-hybridized carbons (Fsp3) is 0.435. The van der Waals surface area contributed by atoms with Crippen LogP contribution in [-0.4, -0.2) is 55.8 Å². The Balaban J connectivity index is 1.63. The zero-order valence-corrected chi connectivity index (χ0v) is 18.9. The molecule has 1 amide bonds. The van der Waals surface area contributed by atoms with Crippen LogP contribution in [0.15, 0.2) is 53.4 Å². The second-order valence-corrected chi connectivity index (χ2v) is 9.68. The smallest absolute Gasteiger partial charge is 0.254 e. The highest BCUT2D eigenvalue weighted by Gasteiger charge is 2.26. The molecule has 0 unspecified atom stereocenters. The summed E-state index contributed by atoms with van der Waals surface area (Å²) in [7, 11) is -3.76. The normalized spacial score (nSPS) is 15.9. The number of halogens is 1. The Hall–Kier alpha value is -2.29. The number of amides is 1. The van der Waals surface area contributed by atoms with E-state index in [4.69, 9.17) is 0 Å². The summed E-state index contributed by atoms with van der Waals surface area (Å²) < 4.78 is 41.1. The molecule has 3 rings (SSSR count). The Morgan fingerprint density at radius 1 is 1.10 bits per heavy atom. The first-order valence-electron chi connectivity index (χ1n) is 10.7. The summed E-state index contributed by atoms with van der Waals surface area (Å²) in [6, 6.07) is 13.6. The van der Waals surface area contributed by atoms with Crippen molar-refractivity contribution in [1.29, 1.82) is 0 Å². The zero-order chi connectivity index (χ0) is 22.4. The molecule has 8 heteroatoms. The van der Waals surface area contributed by atoms with E-state index in [1.54, 1.807) is 13.8 Å². The first-order chi connectivity index (χ1) is 14.8. The van der Waals surface area contributed by atoms with E-state index in [1.165, 1.54) is 15.9 Å². The highest BCUT2D eigenvalue weighted by molar-refractivity contribution is 7.89. The van der Waals surface area contributed by atoms with Crippen LogP contribution in [0.3, 0.4) is 0 Å². The average Bonchev–Trinajstić information content (AvgIpc) is 2.76. The average molecular weight is 448 g/mol. The maximum absolute atomic E-state index is 14.4. The molecule has 0 atom stereocenters. The minimum Gasteiger partial charge on any atom is -0.349 e. The lowest BCUT2D eigenvalue weighted by atomic mass is 10.0. The molecule has 0 aliphatic carbocycles. The third-order valence-corrected chi connectivity index (χ3v) is 7.74. The molecule has 0 spiro atoms. The molecule has 31 heavy (non-hydrogen) atoms. The van der Waals surface area contributed by atoms with Crippen molar-refractivity contribution in [2.75, 3.05) is 26.2 Å². The van der Waals surface area contributed by atoms with Crippen LogP contribution in [0.25, 0.3) is 0 Å². The molecule has 0 aromatic heterocycles. The summed E-state index contributed by atoms with van der Waals surface area (Å²) in [6.07, 6.45) is 1.52. The van der Waals surface area contributed by atoms with E-state index in [0.29, 0.717) is 13.1 Å². The van der Waals surface area contributed by atoms with Crippen molar-refractivity contribution in [3.8, 4) is 0 Å². The number of rotatable bonds is 8. The summed E-state index contributed by atoms with van der Waals surface area (Å²) in [5.41, 5.74) is 1.01. The lowest BCUT2D eigenvalue weighted by Crippen LogP contribution is -2.44. The Morgan fingerprint density at radius 2 is 1.74 bits per heavy atom. The summed E-state index contributed by atoms with van der Waals surface area (Å²) in [6.45, 7) is 6.61. The van der Waals surface area contributed by atoms with Gasteiger partial charge < -0.3 is 5.32 Å². The largest absolute Gasteiger partial charge is 0.349 e. The van der Waals surface area contributed by atoms with E-state index in [0.717, 1.165) is 44.6 Å². The molecule has 1 aliphatic heterocycles. The van der Waals surface area contributed by atoms with Gasteiger partial charge in [-0.2, -0.15) is 4.31 Å². The molecular formula is C23H30FN3O3S. The topological polar surface area (TPSA) is 69.7 Å². The predicted molar refractivity (Wildman–Crippen MR) is 119 cm³/mol. The van der Waals surface area contributed by atoms with Crippen molar-refractivity contribution in [2.45, 2.75) is 44.2 Å². The third kappa shape index (κ3) is 5.70. The number of carbonyl (C=O) groups excluding carboxylic acids is 1. The van der Waals surface area contributed by atoms with Crippen LogP contribution in [0.5, 0.6) is 0 Å². The molecule has 6 nitrogen and oxygen atoms in total. The van der Waals surface area contributed by atoms with E-state index in [2.05, 4.69) is 22.3 Å². The molecule has 1 fully saturated rings. The minimum atomic E-state index is -3.76. The maximum Gasteiger partial charge on any atom is 0.254 e. The Kier molecular flexibility index (Phi) is 7.80. The van der Waals surface area contributed by atoms with E-state index >= 15 is 0 Å². The number of sulfonamides is 1. The first kappa shape index (κ1) is 23.4. The Morgan fingerprint density at radius 3 is 2.35 bits per heavy atom. The quantitative estimate of drug-likeness (QED) is 0.675. The highest BCUT2D eigenvalue weighted by Crippen LogP contribution is 2.20. The molecule has 2 aromatic carbocycles. The van der Waals surface area contributed by atoms with E-state index in [9.17, 15) is 17.6 Å². The third-order valence-electron chi connectivity index (χ3n) is 5.70. The molecule has 0 radical (unpaired) electrons. The van der Waals surface area contributed by atoms with Gasteiger partial charge in [-0.05, 0) is 36.6 Å². The summed E-state index contributed by atoms with van der Waals surface area (Å²) >= 11 is 0. The number of likely N-dealkylation sites (tertiary alicyclic amines) is 1. The van der Waals surface area contributed by atoms with E-state index < -0.39 is 21.7 Å². The Bertz CT molecular complexity index is 986. The number of carbonyl (C=O) groups is 1. The fourth-order valence-corrected chi connectivity index (χ4v) is 5.38. The molecule has 1 heterocycles. The van der Waals surface area contributed by atoms with Gasteiger partial charge >= 0.3 is 0 Å². The van der Waals surface area contributed by atoms with E-state index in [1.807, 2.05) is 18.2 Å². The Labute approximate surface area is 184 Å². The summed E-state index contributed by atoms with van der Waals surface area (Å²) in [5.74, 6) is -1.30. The molecule has 0 saturated carbocycles. The number of hydrogen-bond acceptors (Lipinski definition) is 4. The van der Waals surface area contributed by atoms with Crippen molar-refractivity contribution in [2.24, 2.45) is 0 Å². The van der Waals surface area contributed by atoms with Crippen molar-refractivity contribution < 1.29 is 17.6 Å². The van der Waals surface area contributed by atoms with Crippen molar-refractivity contribution in [1.82, 2.24) is 14.5 Å². The van der Waals surface area contributed by atoms with Gasteiger partial charge in [0.15, 0.2) is 0 Å². The number of hydrogen-bond donors (Lipinski definition) is 1. The standard InChI is InChI=1S/C23H30FN3O3S/c1-3-27(4-2)31(29,30)20-10-11-22(24)21(16-20)23(28)25-19-12-14-26(15-13-19)17-18-8-6-5-7-9-18/h5-11,16,19H,3-4,12-15,17H2,1-2H3,(H,25,28). The maximum atomic E-state index is 14.4.